The molecule has 0 radical (unpaired) electrons. The Bertz CT molecular complexity index is 848. The second-order valence-electron chi connectivity index (χ2n) is 6.88. The molecule has 1 aliphatic rings. The first-order valence-corrected chi connectivity index (χ1v) is 9.25. The van der Waals surface area contributed by atoms with E-state index in [0.29, 0.717) is 23.6 Å². The number of carbonyl (C=O) groups excluding carboxylic acids is 1. The molecule has 27 heavy (non-hydrogen) atoms. The molecule has 0 saturated heterocycles. The fourth-order valence-electron chi connectivity index (χ4n) is 3.53. The van der Waals surface area contributed by atoms with Crippen LogP contribution in [0.4, 0.5) is 0 Å². The molecule has 0 heterocycles. The molecule has 3 rings (SSSR count). The minimum absolute atomic E-state index is 0.0432. The summed E-state index contributed by atoms with van der Waals surface area (Å²) in [7, 11) is 1.57. The third-order valence-electron chi connectivity index (χ3n) is 5.23. The van der Waals surface area contributed by atoms with E-state index in [2.05, 4.69) is 5.32 Å². The number of carbonyl (C=O) groups is 2. The molecule has 1 fully saturated rings. The SMILES string of the molecule is COc1ccccc1C(NC(=O)CC1(C(=O)O)CCC1)c1ccccc1Cl. The normalized spacial score (nSPS) is 16.1. The maximum atomic E-state index is 12.8. The van der Waals surface area contributed by atoms with E-state index >= 15 is 0 Å². The topological polar surface area (TPSA) is 75.6 Å². The number of methoxy groups -OCH3 is 1. The maximum absolute atomic E-state index is 12.8. The van der Waals surface area contributed by atoms with Crippen LogP contribution in [0.3, 0.4) is 0 Å². The number of halogens is 1. The first-order chi connectivity index (χ1) is 13.0. The number of hydrogen-bond acceptors (Lipinski definition) is 3. The second-order valence-corrected chi connectivity index (χ2v) is 7.29. The fourth-order valence-corrected chi connectivity index (χ4v) is 3.77. The summed E-state index contributed by atoms with van der Waals surface area (Å²) in [6.07, 6.45) is 1.85. The zero-order valence-corrected chi connectivity index (χ0v) is 15.8. The summed E-state index contributed by atoms with van der Waals surface area (Å²) >= 11 is 6.38. The minimum Gasteiger partial charge on any atom is -0.496 e. The number of nitrogens with one attached hydrogen (secondary N) is 1. The van der Waals surface area contributed by atoms with E-state index in [-0.39, 0.29) is 12.3 Å². The molecule has 1 unspecified atom stereocenters. The number of hydrogen-bond donors (Lipinski definition) is 2. The molecule has 1 saturated carbocycles. The van der Waals surface area contributed by atoms with Gasteiger partial charge in [-0.2, -0.15) is 0 Å². The van der Waals surface area contributed by atoms with Gasteiger partial charge in [-0.15, -0.1) is 0 Å². The first kappa shape index (κ1) is 19.2. The van der Waals surface area contributed by atoms with Gasteiger partial charge < -0.3 is 15.2 Å². The summed E-state index contributed by atoms with van der Waals surface area (Å²) < 4.78 is 5.45. The molecule has 2 aromatic carbocycles. The largest absolute Gasteiger partial charge is 0.496 e. The molecule has 2 N–H and O–H groups in total. The van der Waals surface area contributed by atoms with Crippen LogP contribution in [0.15, 0.2) is 48.5 Å². The Morgan fingerprint density at radius 3 is 2.33 bits per heavy atom. The molecular formula is C21H22ClNO4. The Kier molecular flexibility index (Phi) is 5.71. The predicted molar refractivity (Wildman–Crippen MR) is 103 cm³/mol. The molecule has 142 valence electrons. The Labute approximate surface area is 163 Å². The molecule has 1 atom stereocenters. The molecule has 1 amide bonds. The number of benzene rings is 2. The number of amides is 1. The third kappa shape index (κ3) is 3.93. The van der Waals surface area contributed by atoms with Crippen molar-refractivity contribution in [3.63, 3.8) is 0 Å². The van der Waals surface area contributed by atoms with Crippen LogP contribution in [-0.4, -0.2) is 24.1 Å². The number of para-hydroxylation sites is 1. The van der Waals surface area contributed by atoms with Crippen LogP contribution < -0.4 is 10.1 Å². The van der Waals surface area contributed by atoms with Gasteiger partial charge in [-0.3, -0.25) is 9.59 Å². The summed E-state index contributed by atoms with van der Waals surface area (Å²) in [5.74, 6) is -0.595. The molecule has 0 bridgehead atoms. The van der Waals surface area contributed by atoms with Crippen LogP contribution in [0.25, 0.3) is 0 Å². The van der Waals surface area contributed by atoms with E-state index in [9.17, 15) is 14.7 Å². The highest BCUT2D eigenvalue weighted by molar-refractivity contribution is 6.31. The van der Waals surface area contributed by atoms with Gasteiger partial charge in [0, 0.05) is 17.0 Å². The molecule has 2 aromatic rings. The van der Waals surface area contributed by atoms with Crippen molar-refractivity contribution in [2.45, 2.75) is 31.7 Å². The predicted octanol–water partition coefficient (Wildman–Crippen LogP) is 4.20. The zero-order chi connectivity index (χ0) is 19.4. The Morgan fingerprint density at radius 1 is 1.15 bits per heavy atom. The summed E-state index contributed by atoms with van der Waals surface area (Å²) in [5.41, 5.74) is 0.546. The van der Waals surface area contributed by atoms with Crippen molar-refractivity contribution in [1.29, 1.82) is 0 Å². The lowest BCUT2D eigenvalue weighted by Crippen LogP contribution is -2.43. The van der Waals surface area contributed by atoms with E-state index < -0.39 is 17.4 Å². The van der Waals surface area contributed by atoms with Crippen molar-refractivity contribution in [3.05, 3.63) is 64.7 Å². The van der Waals surface area contributed by atoms with E-state index in [1.165, 1.54) is 0 Å². The monoisotopic (exact) mass is 387 g/mol. The van der Waals surface area contributed by atoms with Crippen LogP contribution >= 0.6 is 11.6 Å². The number of carboxylic acid groups (broad SMARTS) is 1. The Morgan fingerprint density at radius 2 is 1.78 bits per heavy atom. The van der Waals surface area contributed by atoms with Gasteiger partial charge in [0.25, 0.3) is 0 Å². The Balaban J connectivity index is 1.92. The Hall–Kier alpha value is -2.53. The van der Waals surface area contributed by atoms with Gasteiger partial charge in [0.15, 0.2) is 0 Å². The van der Waals surface area contributed by atoms with E-state index in [1.807, 2.05) is 42.5 Å². The van der Waals surface area contributed by atoms with Crippen LogP contribution in [0.1, 0.15) is 42.9 Å². The number of ether oxygens (including phenoxy) is 1. The highest BCUT2D eigenvalue weighted by Gasteiger charge is 2.46. The maximum Gasteiger partial charge on any atom is 0.310 e. The van der Waals surface area contributed by atoms with Gasteiger partial charge in [0.1, 0.15) is 5.75 Å². The van der Waals surface area contributed by atoms with Gasteiger partial charge in [-0.25, -0.2) is 0 Å². The van der Waals surface area contributed by atoms with Crippen LogP contribution in [0.2, 0.25) is 5.02 Å². The van der Waals surface area contributed by atoms with Crippen LogP contribution in [-0.2, 0) is 9.59 Å². The van der Waals surface area contributed by atoms with E-state index in [0.717, 1.165) is 17.5 Å². The minimum atomic E-state index is -0.949. The van der Waals surface area contributed by atoms with Gasteiger partial charge >= 0.3 is 5.97 Å². The lowest BCUT2D eigenvalue weighted by Gasteiger charge is -2.37. The quantitative estimate of drug-likeness (QED) is 0.746. The van der Waals surface area contributed by atoms with Crippen molar-refractivity contribution in [1.82, 2.24) is 5.32 Å². The van der Waals surface area contributed by atoms with Gasteiger partial charge in [-0.1, -0.05) is 54.4 Å². The smallest absolute Gasteiger partial charge is 0.310 e. The molecule has 1 aliphatic carbocycles. The summed E-state index contributed by atoms with van der Waals surface area (Å²) in [4.78, 5) is 24.4. The van der Waals surface area contributed by atoms with Crippen molar-refractivity contribution < 1.29 is 19.4 Å². The highest BCUT2D eigenvalue weighted by Crippen LogP contribution is 2.44. The van der Waals surface area contributed by atoms with Gasteiger partial charge in [-0.05, 0) is 30.5 Å². The van der Waals surface area contributed by atoms with Crippen LogP contribution in [0.5, 0.6) is 5.75 Å². The number of carboxylic acids is 1. The molecular weight excluding hydrogens is 366 g/mol. The lowest BCUT2D eigenvalue weighted by atomic mass is 9.66. The van der Waals surface area contributed by atoms with Gasteiger partial charge in [0.2, 0.25) is 5.91 Å². The average molecular weight is 388 g/mol. The second kappa shape index (κ2) is 8.01. The van der Waals surface area contributed by atoms with E-state index in [4.69, 9.17) is 16.3 Å². The lowest BCUT2D eigenvalue weighted by molar-refractivity contribution is -0.157. The molecule has 6 heteroatoms. The van der Waals surface area contributed by atoms with Crippen molar-refractivity contribution >= 4 is 23.5 Å². The number of aliphatic carboxylic acids is 1. The van der Waals surface area contributed by atoms with Gasteiger partial charge in [0.05, 0.1) is 18.6 Å². The van der Waals surface area contributed by atoms with Crippen molar-refractivity contribution in [3.8, 4) is 5.75 Å². The van der Waals surface area contributed by atoms with Crippen molar-refractivity contribution in [2.24, 2.45) is 5.41 Å². The van der Waals surface area contributed by atoms with E-state index in [1.54, 1.807) is 13.2 Å². The number of rotatable bonds is 7. The first-order valence-electron chi connectivity index (χ1n) is 8.87. The van der Waals surface area contributed by atoms with Crippen LogP contribution in [0, 0.1) is 5.41 Å². The average Bonchev–Trinajstić information content (AvgIpc) is 2.63. The molecule has 5 nitrogen and oxygen atoms in total. The molecule has 0 aromatic heterocycles. The fraction of sp³-hybridized carbons (Fsp3) is 0.333. The highest BCUT2D eigenvalue weighted by atomic mass is 35.5. The molecule has 0 spiro atoms. The summed E-state index contributed by atoms with van der Waals surface area (Å²) in [6.45, 7) is 0. The zero-order valence-electron chi connectivity index (χ0n) is 15.1. The van der Waals surface area contributed by atoms with Crippen molar-refractivity contribution in [2.75, 3.05) is 7.11 Å². The molecule has 0 aliphatic heterocycles. The summed E-state index contributed by atoms with van der Waals surface area (Å²) in [6, 6.07) is 14.1. The summed E-state index contributed by atoms with van der Waals surface area (Å²) in [5, 5.41) is 13.0. The standard InChI is InChI=1S/C21H22ClNO4/c1-27-17-10-5-3-8-15(17)19(14-7-2-4-9-16(14)22)23-18(24)13-21(20(25)26)11-6-12-21/h2-5,7-10,19H,6,11-13H2,1H3,(H,23,24)(H,25,26). The third-order valence-corrected chi connectivity index (χ3v) is 5.58.